The van der Waals surface area contributed by atoms with Crippen molar-refractivity contribution in [3.05, 3.63) is 93.5 Å². The molecule has 0 aromatic heterocycles. The zero-order valence-corrected chi connectivity index (χ0v) is 20.3. The number of carbonyl (C=O) groups is 3. The Bertz CT molecular complexity index is 1500. The van der Waals surface area contributed by atoms with Gasteiger partial charge in [0.25, 0.3) is 11.8 Å². The van der Waals surface area contributed by atoms with Crippen LogP contribution in [0.2, 0.25) is 10.0 Å². The highest BCUT2D eigenvalue weighted by molar-refractivity contribution is 7.87. The molecule has 35 heavy (non-hydrogen) atoms. The number of benzene rings is 3. The minimum absolute atomic E-state index is 0.0452. The highest BCUT2D eigenvalue weighted by Crippen LogP contribution is 2.27. The maximum atomic E-state index is 13.1. The highest BCUT2D eigenvalue weighted by Gasteiger charge is 2.37. The second kappa shape index (κ2) is 9.53. The molecule has 8 nitrogen and oxygen atoms in total. The average Bonchev–Trinajstić information content (AvgIpc) is 2.79. The lowest BCUT2D eigenvalue weighted by atomic mass is 10.1. The molecule has 4 amide bonds. The van der Waals surface area contributed by atoms with Crippen molar-refractivity contribution in [2.75, 3.05) is 4.90 Å². The van der Waals surface area contributed by atoms with Gasteiger partial charge in [0.15, 0.2) is 0 Å². The van der Waals surface area contributed by atoms with Crippen LogP contribution in [0, 0.1) is 6.92 Å². The van der Waals surface area contributed by atoms with Crippen LogP contribution >= 0.6 is 23.2 Å². The number of imide groups is 2. The summed E-state index contributed by atoms with van der Waals surface area (Å²) in [6.07, 6.45) is 1.23. The number of nitrogens with zero attached hydrogens (tertiary/aromatic N) is 1. The number of anilines is 1. The van der Waals surface area contributed by atoms with Crippen molar-refractivity contribution in [1.82, 2.24) is 5.32 Å². The molecule has 0 atom stereocenters. The van der Waals surface area contributed by atoms with E-state index in [9.17, 15) is 22.8 Å². The quantitative estimate of drug-likeness (QED) is 0.290. The van der Waals surface area contributed by atoms with Crippen LogP contribution in [0.25, 0.3) is 6.08 Å². The first-order valence-electron chi connectivity index (χ1n) is 10.0. The smallest absolute Gasteiger partial charge is 0.339 e. The third-order valence-corrected chi connectivity index (χ3v) is 6.91. The van der Waals surface area contributed by atoms with Crippen LogP contribution in [-0.4, -0.2) is 26.3 Å². The van der Waals surface area contributed by atoms with E-state index in [1.54, 1.807) is 19.1 Å². The van der Waals surface area contributed by atoms with Gasteiger partial charge in [-0.25, -0.2) is 9.69 Å². The Hall–Kier alpha value is -3.66. The summed E-state index contributed by atoms with van der Waals surface area (Å²) in [5, 5.41) is 2.83. The van der Waals surface area contributed by atoms with Crippen molar-refractivity contribution >= 4 is 62.9 Å². The summed E-state index contributed by atoms with van der Waals surface area (Å²) in [5.41, 5.74) is 0.896. The summed E-state index contributed by atoms with van der Waals surface area (Å²) in [7, 11) is -4.15. The van der Waals surface area contributed by atoms with Crippen molar-refractivity contribution in [3.8, 4) is 5.75 Å². The molecule has 1 aliphatic rings. The number of carbonyl (C=O) groups excluding carboxylic acids is 3. The number of urea groups is 1. The van der Waals surface area contributed by atoms with Crippen LogP contribution in [0.4, 0.5) is 10.5 Å². The molecule has 3 aromatic rings. The molecule has 0 radical (unpaired) electrons. The monoisotopic (exact) mass is 530 g/mol. The predicted octanol–water partition coefficient (Wildman–Crippen LogP) is 4.74. The van der Waals surface area contributed by atoms with Gasteiger partial charge in [-0.3, -0.25) is 14.9 Å². The zero-order valence-electron chi connectivity index (χ0n) is 18.0. The van der Waals surface area contributed by atoms with Crippen LogP contribution in [0.1, 0.15) is 11.1 Å². The van der Waals surface area contributed by atoms with Crippen molar-refractivity contribution in [1.29, 1.82) is 0 Å². The lowest BCUT2D eigenvalue weighted by Crippen LogP contribution is -2.54. The molecule has 0 unspecified atom stereocenters. The van der Waals surface area contributed by atoms with E-state index in [2.05, 4.69) is 5.32 Å². The van der Waals surface area contributed by atoms with Crippen molar-refractivity contribution in [2.24, 2.45) is 0 Å². The van der Waals surface area contributed by atoms with Gasteiger partial charge in [0.2, 0.25) is 0 Å². The summed E-state index contributed by atoms with van der Waals surface area (Å²) in [6.45, 7) is 1.77. The van der Waals surface area contributed by atoms with E-state index in [0.717, 1.165) is 10.5 Å². The normalized spacial score (nSPS) is 15.3. The minimum atomic E-state index is -4.15. The molecule has 1 aliphatic heterocycles. The number of hydrogen-bond donors (Lipinski definition) is 1. The van der Waals surface area contributed by atoms with E-state index >= 15 is 0 Å². The van der Waals surface area contributed by atoms with Crippen LogP contribution in [-0.2, 0) is 19.7 Å². The average molecular weight is 531 g/mol. The summed E-state index contributed by atoms with van der Waals surface area (Å²) in [5.74, 6) is -1.80. The number of aryl methyl sites for hydroxylation is 1. The molecule has 1 fully saturated rings. The summed E-state index contributed by atoms with van der Waals surface area (Å²) in [6, 6.07) is 14.9. The van der Waals surface area contributed by atoms with E-state index in [1.165, 1.54) is 60.7 Å². The molecule has 1 heterocycles. The van der Waals surface area contributed by atoms with Crippen molar-refractivity contribution in [2.45, 2.75) is 11.8 Å². The molecule has 1 saturated heterocycles. The first-order valence-corrected chi connectivity index (χ1v) is 12.2. The fourth-order valence-electron chi connectivity index (χ4n) is 3.21. The van der Waals surface area contributed by atoms with E-state index in [-0.39, 0.29) is 21.9 Å². The predicted molar refractivity (Wildman–Crippen MR) is 131 cm³/mol. The van der Waals surface area contributed by atoms with Crippen LogP contribution in [0.15, 0.2) is 77.2 Å². The van der Waals surface area contributed by atoms with Gasteiger partial charge in [0.05, 0.1) is 5.69 Å². The second-order valence-electron chi connectivity index (χ2n) is 7.46. The minimum Gasteiger partial charge on any atom is -0.379 e. The van der Waals surface area contributed by atoms with Crippen LogP contribution < -0.4 is 14.4 Å². The summed E-state index contributed by atoms with van der Waals surface area (Å²) < 4.78 is 30.3. The maximum absolute atomic E-state index is 13.1. The molecule has 1 N–H and O–H groups in total. The summed E-state index contributed by atoms with van der Waals surface area (Å²) in [4.78, 5) is 38.6. The molecule has 4 rings (SSSR count). The Labute approximate surface area is 210 Å². The van der Waals surface area contributed by atoms with Gasteiger partial charge < -0.3 is 4.18 Å². The first kappa shape index (κ1) is 24.5. The number of amides is 4. The van der Waals surface area contributed by atoms with Gasteiger partial charge in [-0.05, 0) is 72.7 Å². The topological polar surface area (TPSA) is 110 Å². The number of barbiturate groups is 1. The Kier molecular flexibility index (Phi) is 6.66. The molecule has 3 aromatic carbocycles. The van der Waals surface area contributed by atoms with Crippen molar-refractivity contribution < 1.29 is 27.0 Å². The molecule has 0 spiro atoms. The van der Waals surface area contributed by atoms with Gasteiger partial charge in [-0.2, -0.15) is 8.42 Å². The summed E-state index contributed by atoms with van der Waals surface area (Å²) >= 11 is 11.9. The van der Waals surface area contributed by atoms with Gasteiger partial charge in [0, 0.05) is 10.0 Å². The molecule has 0 bridgehead atoms. The Morgan fingerprint density at radius 2 is 1.66 bits per heavy atom. The fraction of sp³-hybridized carbons (Fsp3) is 0.0417. The van der Waals surface area contributed by atoms with Gasteiger partial charge >= 0.3 is 16.1 Å². The largest absolute Gasteiger partial charge is 0.379 e. The molecule has 0 aliphatic carbocycles. The van der Waals surface area contributed by atoms with E-state index in [4.69, 9.17) is 27.4 Å². The van der Waals surface area contributed by atoms with Gasteiger partial charge in [-0.15, -0.1) is 0 Å². The standard InChI is InChI=1S/C24H16Cl2N2O6S/c1-14-5-8-17(13-21(14)26)28-23(30)20(22(29)27-24(28)31)12-15-3-2-4-18(11-15)34-35(32,33)19-9-6-16(25)7-10-19/h2-13H,1H3,(H,27,29,31)/b20-12-. The number of rotatable bonds is 5. The molecular formula is C24H16Cl2N2O6S. The van der Waals surface area contributed by atoms with E-state index in [0.29, 0.717) is 15.6 Å². The Morgan fingerprint density at radius 1 is 0.943 bits per heavy atom. The van der Waals surface area contributed by atoms with Gasteiger partial charge in [0.1, 0.15) is 16.2 Å². The second-order valence-corrected chi connectivity index (χ2v) is 9.85. The molecule has 178 valence electrons. The zero-order chi connectivity index (χ0) is 25.3. The SMILES string of the molecule is Cc1ccc(N2C(=O)NC(=O)/C(=C/c3cccc(OS(=O)(=O)c4ccc(Cl)cc4)c3)C2=O)cc1Cl. The van der Waals surface area contributed by atoms with Gasteiger partial charge in [-0.1, -0.05) is 41.4 Å². The Balaban J connectivity index is 1.64. The highest BCUT2D eigenvalue weighted by atomic mass is 35.5. The lowest BCUT2D eigenvalue weighted by molar-refractivity contribution is -0.122. The number of halogens is 2. The Morgan fingerprint density at radius 3 is 2.34 bits per heavy atom. The number of nitrogens with one attached hydrogen (secondary N) is 1. The van der Waals surface area contributed by atoms with Crippen molar-refractivity contribution in [3.63, 3.8) is 0 Å². The fourth-order valence-corrected chi connectivity index (χ4v) is 4.44. The van der Waals surface area contributed by atoms with E-state index < -0.39 is 28.0 Å². The maximum Gasteiger partial charge on any atom is 0.339 e. The third kappa shape index (κ3) is 5.22. The van der Waals surface area contributed by atoms with Crippen LogP contribution in [0.3, 0.4) is 0 Å². The lowest BCUT2D eigenvalue weighted by Gasteiger charge is -2.26. The molecule has 0 saturated carbocycles. The number of hydrogen-bond acceptors (Lipinski definition) is 6. The van der Waals surface area contributed by atoms with Crippen LogP contribution in [0.5, 0.6) is 5.75 Å². The molecular weight excluding hydrogens is 515 g/mol. The third-order valence-electron chi connectivity index (χ3n) is 4.99. The first-order chi connectivity index (χ1) is 16.5. The molecule has 11 heteroatoms. The van der Waals surface area contributed by atoms with E-state index in [1.807, 2.05) is 0 Å².